The monoisotopic (exact) mass is 466 g/mol. The van der Waals surface area contributed by atoms with E-state index >= 15 is 0 Å². The maximum absolute atomic E-state index is 12.9. The van der Waals surface area contributed by atoms with Gasteiger partial charge in [0.2, 0.25) is 5.91 Å². The molecule has 32 heavy (non-hydrogen) atoms. The molecule has 0 N–H and O–H groups in total. The predicted octanol–water partition coefficient (Wildman–Crippen LogP) is 4.03. The van der Waals surface area contributed by atoms with Crippen molar-refractivity contribution in [3.05, 3.63) is 70.1 Å². The van der Waals surface area contributed by atoms with Crippen LogP contribution in [0.4, 0.5) is 5.69 Å². The van der Waals surface area contributed by atoms with Crippen LogP contribution >= 0.6 is 22.9 Å². The number of amides is 2. The lowest BCUT2D eigenvalue weighted by molar-refractivity contribution is -0.117. The van der Waals surface area contributed by atoms with Crippen LogP contribution in [0.2, 0.25) is 5.02 Å². The molecule has 2 aliphatic heterocycles. The van der Waals surface area contributed by atoms with Gasteiger partial charge < -0.3 is 9.80 Å². The van der Waals surface area contributed by atoms with E-state index in [9.17, 15) is 9.59 Å². The fourth-order valence-electron chi connectivity index (χ4n) is 4.47. The van der Waals surface area contributed by atoms with Gasteiger partial charge in [0, 0.05) is 73.0 Å². The molecule has 0 saturated carbocycles. The molecular weight excluding hydrogens is 444 g/mol. The zero-order valence-electron chi connectivity index (χ0n) is 17.5. The quantitative estimate of drug-likeness (QED) is 0.582. The van der Waals surface area contributed by atoms with E-state index in [-0.39, 0.29) is 17.9 Å². The summed E-state index contributed by atoms with van der Waals surface area (Å²) in [7, 11) is 0. The summed E-state index contributed by atoms with van der Waals surface area (Å²) < 4.78 is 0. The van der Waals surface area contributed by atoms with Gasteiger partial charge in [-0.3, -0.25) is 14.5 Å². The fourth-order valence-corrected chi connectivity index (χ4v) is 5.32. The Kier molecular flexibility index (Phi) is 5.95. The molecule has 2 amide bonds. The maximum atomic E-state index is 12.9. The Morgan fingerprint density at radius 2 is 1.88 bits per heavy atom. The molecule has 0 bridgehead atoms. The Balaban J connectivity index is 1.25. The number of hydrogen-bond donors (Lipinski definition) is 0. The molecule has 164 valence electrons. The van der Waals surface area contributed by atoms with Crippen LogP contribution in [0.3, 0.4) is 0 Å². The standard InChI is InChI=1S/C24H23ClN4O2S/c25-21-7-2-1-6-20(21)17-4-3-5-18(14-17)29-16-19(15-22(29)30)27-9-11-28(12-10-27)24(31)23-26-8-13-32-23/h1-8,13-14,19H,9-12,15-16H2. The summed E-state index contributed by atoms with van der Waals surface area (Å²) in [5, 5.41) is 3.06. The fraction of sp³-hybridized carbons (Fsp3) is 0.292. The highest BCUT2D eigenvalue weighted by Gasteiger charge is 2.36. The number of hydrogen-bond acceptors (Lipinski definition) is 5. The second kappa shape index (κ2) is 9.02. The first-order valence-corrected chi connectivity index (χ1v) is 11.9. The minimum Gasteiger partial charge on any atom is -0.334 e. The summed E-state index contributed by atoms with van der Waals surface area (Å²) in [5.41, 5.74) is 2.85. The average Bonchev–Trinajstić information content (AvgIpc) is 3.49. The van der Waals surface area contributed by atoms with Gasteiger partial charge in [0.25, 0.3) is 5.91 Å². The van der Waals surface area contributed by atoms with E-state index in [0.717, 1.165) is 29.9 Å². The van der Waals surface area contributed by atoms with E-state index in [1.54, 1.807) is 6.20 Å². The third-order valence-corrected chi connectivity index (χ3v) is 7.27. The summed E-state index contributed by atoms with van der Waals surface area (Å²) in [6, 6.07) is 15.9. The second-order valence-electron chi connectivity index (χ2n) is 8.06. The second-order valence-corrected chi connectivity index (χ2v) is 9.36. The Hall–Kier alpha value is -2.74. The lowest BCUT2D eigenvalue weighted by Gasteiger charge is -2.37. The number of carbonyl (C=O) groups is 2. The molecule has 0 aliphatic carbocycles. The van der Waals surface area contributed by atoms with E-state index in [2.05, 4.69) is 9.88 Å². The number of piperazine rings is 1. The van der Waals surface area contributed by atoms with Crippen molar-refractivity contribution in [2.45, 2.75) is 12.5 Å². The maximum Gasteiger partial charge on any atom is 0.282 e. The van der Waals surface area contributed by atoms with E-state index in [1.807, 2.05) is 63.7 Å². The van der Waals surface area contributed by atoms with Gasteiger partial charge in [-0.15, -0.1) is 11.3 Å². The molecule has 1 aromatic heterocycles. The molecule has 2 aromatic carbocycles. The van der Waals surface area contributed by atoms with Crippen molar-refractivity contribution in [1.29, 1.82) is 0 Å². The summed E-state index contributed by atoms with van der Waals surface area (Å²) in [5.74, 6) is 0.132. The minimum atomic E-state index is 0.000151. The SMILES string of the molecule is O=C(c1nccs1)N1CCN(C2CC(=O)N(c3cccc(-c4ccccc4Cl)c3)C2)CC1. The zero-order chi connectivity index (χ0) is 22.1. The van der Waals surface area contributed by atoms with Crippen molar-refractivity contribution >= 4 is 40.4 Å². The number of anilines is 1. The largest absolute Gasteiger partial charge is 0.334 e. The number of thiazole rings is 1. The molecule has 8 heteroatoms. The highest BCUT2D eigenvalue weighted by Crippen LogP contribution is 2.32. The number of carbonyl (C=O) groups excluding carboxylic acids is 2. The average molecular weight is 467 g/mol. The first-order valence-electron chi connectivity index (χ1n) is 10.7. The predicted molar refractivity (Wildman–Crippen MR) is 127 cm³/mol. The van der Waals surface area contributed by atoms with E-state index < -0.39 is 0 Å². The van der Waals surface area contributed by atoms with Crippen LogP contribution in [0.25, 0.3) is 11.1 Å². The highest BCUT2D eigenvalue weighted by molar-refractivity contribution is 7.11. The number of halogens is 1. The van der Waals surface area contributed by atoms with Gasteiger partial charge in [-0.1, -0.05) is 41.9 Å². The molecule has 0 radical (unpaired) electrons. The van der Waals surface area contributed by atoms with Gasteiger partial charge >= 0.3 is 0 Å². The van der Waals surface area contributed by atoms with Gasteiger partial charge in [0.1, 0.15) is 0 Å². The molecular formula is C24H23ClN4O2S. The van der Waals surface area contributed by atoms with Crippen molar-refractivity contribution < 1.29 is 9.59 Å². The molecule has 1 atom stereocenters. The summed E-state index contributed by atoms with van der Waals surface area (Å²) in [4.78, 5) is 35.6. The Morgan fingerprint density at radius 3 is 2.62 bits per heavy atom. The van der Waals surface area contributed by atoms with Crippen molar-refractivity contribution in [2.24, 2.45) is 0 Å². The smallest absolute Gasteiger partial charge is 0.282 e. The van der Waals surface area contributed by atoms with Gasteiger partial charge in [-0.25, -0.2) is 4.98 Å². The molecule has 0 spiro atoms. The third kappa shape index (κ3) is 4.16. The molecule has 6 nitrogen and oxygen atoms in total. The van der Waals surface area contributed by atoms with Gasteiger partial charge in [-0.05, 0) is 23.8 Å². The minimum absolute atomic E-state index is 0.000151. The van der Waals surface area contributed by atoms with Crippen molar-refractivity contribution in [2.75, 3.05) is 37.6 Å². The molecule has 3 heterocycles. The van der Waals surface area contributed by atoms with E-state index in [4.69, 9.17) is 11.6 Å². The molecule has 2 fully saturated rings. The Labute approximate surface area is 196 Å². The first-order chi connectivity index (χ1) is 15.6. The molecule has 2 aliphatic rings. The van der Waals surface area contributed by atoms with Crippen LogP contribution in [0.15, 0.2) is 60.1 Å². The first kappa shape index (κ1) is 21.1. The molecule has 3 aromatic rings. The number of aromatic nitrogens is 1. The summed E-state index contributed by atoms with van der Waals surface area (Å²) >= 11 is 7.75. The topological polar surface area (TPSA) is 56.8 Å². The number of nitrogens with zero attached hydrogens (tertiary/aromatic N) is 4. The van der Waals surface area contributed by atoms with Gasteiger partial charge in [0.15, 0.2) is 5.01 Å². The van der Waals surface area contributed by atoms with Crippen LogP contribution in [0.1, 0.15) is 16.2 Å². The Bertz CT molecular complexity index is 1130. The molecule has 2 saturated heterocycles. The van der Waals surface area contributed by atoms with Crippen molar-refractivity contribution in [1.82, 2.24) is 14.8 Å². The van der Waals surface area contributed by atoms with Gasteiger partial charge in [-0.2, -0.15) is 0 Å². The van der Waals surface area contributed by atoms with Crippen LogP contribution < -0.4 is 4.90 Å². The van der Waals surface area contributed by atoms with Crippen molar-refractivity contribution in [3.63, 3.8) is 0 Å². The van der Waals surface area contributed by atoms with E-state index in [0.29, 0.717) is 36.1 Å². The van der Waals surface area contributed by atoms with Crippen LogP contribution in [-0.4, -0.2) is 65.4 Å². The van der Waals surface area contributed by atoms with Crippen LogP contribution in [-0.2, 0) is 4.79 Å². The number of rotatable bonds is 4. The van der Waals surface area contributed by atoms with Crippen LogP contribution in [0.5, 0.6) is 0 Å². The molecule has 5 rings (SSSR count). The lowest BCUT2D eigenvalue weighted by Crippen LogP contribution is -2.52. The third-order valence-electron chi connectivity index (χ3n) is 6.18. The summed E-state index contributed by atoms with van der Waals surface area (Å²) in [6.45, 7) is 3.51. The van der Waals surface area contributed by atoms with Gasteiger partial charge in [0.05, 0.1) is 0 Å². The lowest BCUT2D eigenvalue weighted by atomic mass is 10.0. The van der Waals surface area contributed by atoms with Crippen molar-refractivity contribution in [3.8, 4) is 11.1 Å². The zero-order valence-corrected chi connectivity index (χ0v) is 19.1. The van der Waals surface area contributed by atoms with E-state index in [1.165, 1.54) is 11.3 Å². The highest BCUT2D eigenvalue weighted by atomic mass is 35.5. The van der Waals surface area contributed by atoms with Crippen LogP contribution in [0, 0.1) is 0 Å². The summed E-state index contributed by atoms with van der Waals surface area (Å²) in [6.07, 6.45) is 2.16. The number of benzene rings is 2. The molecule has 1 unspecified atom stereocenters. The Morgan fingerprint density at radius 1 is 1.06 bits per heavy atom. The normalized spacial score (nSPS) is 19.5.